The van der Waals surface area contributed by atoms with Crippen molar-refractivity contribution in [2.24, 2.45) is 5.92 Å². The van der Waals surface area contributed by atoms with Crippen molar-refractivity contribution in [3.63, 3.8) is 0 Å². The highest BCUT2D eigenvalue weighted by atomic mass is 16.2. The molecule has 0 spiro atoms. The molecule has 8 nitrogen and oxygen atoms in total. The first kappa shape index (κ1) is 29.2. The van der Waals surface area contributed by atoms with Crippen LogP contribution in [0.4, 0.5) is 16.3 Å². The lowest BCUT2D eigenvalue weighted by Gasteiger charge is -2.32. The highest BCUT2D eigenvalue weighted by molar-refractivity contribution is 6.00. The maximum absolute atomic E-state index is 13.3. The molecule has 1 fully saturated rings. The van der Waals surface area contributed by atoms with Crippen molar-refractivity contribution in [1.29, 1.82) is 0 Å². The van der Waals surface area contributed by atoms with Gasteiger partial charge in [0.25, 0.3) is 5.91 Å². The SMILES string of the molecule is Cc1ccc(-n2nc(C(C)(C)C)cc2NC(=O)Nc2ccccc2CC2CCN(C(=O)c3ccc4[nH]ccc4c3)CC2)cc1. The molecule has 3 aromatic carbocycles. The van der Waals surface area contributed by atoms with Gasteiger partial charge < -0.3 is 15.2 Å². The van der Waals surface area contributed by atoms with Crippen molar-refractivity contribution in [2.45, 2.75) is 52.4 Å². The molecule has 0 bridgehead atoms. The number of likely N-dealkylation sites (tertiary alicyclic amines) is 1. The summed E-state index contributed by atoms with van der Waals surface area (Å²) in [5, 5.41) is 12.0. The topological polar surface area (TPSA) is 95.1 Å². The minimum absolute atomic E-state index is 0.0878. The normalized spacial score (nSPS) is 14.1. The predicted octanol–water partition coefficient (Wildman–Crippen LogP) is 7.70. The average molecular weight is 589 g/mol. The lowest BCUT2D eigenvalue weighted by Crippen LogP contribution is -2.39. The lowest BCUT2D eigenvalue weighted by atomic mass is 9.89. The maximum atomic E-state index is 13.3. The van der Waals surface area contributed by atoms with Gasteiger partial charge in [-0.15, -0.1) is 0 Å². The van der Waals surface area contributed by atoms with Gasteiger partial charge in [0.15, 0.2) is 0 Å². The van der Waals surface area contributed by atoms with E-state index < -0.39 is 0 Å². The van der Waals surface area contributed by atoms with E-state index in [4.69, 9.17) is 5.10 Å². The maximum Gasteiger partial charge on any atom is 0.324 e. The van der Waals surface area contributed by atoms with Crippen LogP contribution in [0.1, 0.15) is 60.8 Å². The molecule has 0 aliphatic carbocycles. The molecule has 0 unspecified atom stereocenters. The molecule has 0 radical (unpaired) electrons. The molecule has 8 heteroatoms. The number of carbonyl (C=O) groups is 2. The number of hydrogen-bond donors (Lipinski definition) is 3. The number of amides is 3. The summed E-state index contributed by atoms with van der Waals surface area (Å²) in [7, 11) is 0. The van der Waals surface area contributed by atoms with Crippen LogP contribution in [-0.4, -0.2) is 44.7 Å². The van der Waals surface area contributed by atoms with Crippen LogP contribution >= 0.6 is 0 Å². The van der Waals surface area contributed by atoms with Crippen molar-refractivity contribution in [1.82, 2.24) is 19.7 Å². The molecule has 3 N–H and O–H groups in total. The molecule has 1 saturated heterocycles. The van der Waals surface area contributed by atoms with Crippen molar-refractivity contribution in [2.75, 3.05) is 23.7 Å². The molecule has 3 heterocycles. The Kier molecular flexibility index (Phi) is 7.99. The van der Waals surface area contributed by atoms with Crippen molar-refractivity contribution in [3.8, 4) is 5.69 Å². The van der Waals surface area contributed by atoms with E-state index in [1.807, 2.05) is 90.8 Å². The Labute approximate surface area is 258 Å². The minimum Gasteiger partial charge on any atom is -0.361 e. The number of aromatic amines is 1. The highest BCUT2D eigenvalue weighted by Gasteiger charge is 2.25. The van der Waals surface area contributed by atoms with Crippen LogP contribution in [0.5, 0.6) is 0 Å². The number of benzene rings is 3. The second kappa shape index (κ2) is 12.0. The van der Waals surface area contributed by atoms with Crippen LogP contribution in [0, 0.1) is 12.8 Å². The summed E-state index contributed by atoms with van der Waals surface area (Å²) in [6, 6.07) is 25.5. The molecule has 44 heavy (non-hydrogen) atoms. The molecule has 2 aromatic heterocycles. The highest BCUT2D eigenvalue weighted by Crippen LogP contribution is 2.29. The Morgan fingerprint density at radius 1 is 0.932 bits per heavy atom. The predicted molar refractivity (Wildman–Crippen MR) is 177 cm³/mol. The number of anilines is 2. The van der Waals surface area contributed by atoms with Gasteiger partial charge >= 0.3 is 6.03 Å². The fourth-order valence-corrected chi connectivity index (χ4v) is 5.83. The average Bonchev–Trinajstić information content (AvgIpc) is 3.66. The number of rotatable bonds is 6. The molecule has 0 atom stereocenters. The van der Waals surface area contributed by atoms with Crippen LogP contribution in [0.3, 0.4) is 0 Å². The monoisotopic (exact) mass is 588 g/mol. The van der Waals surface area contributed by atoms with Crippen LogP contribution in [0.2, 0.25) is 0 Å². The Hall–Kier alpha value is -4.85. The number of nitrogens with zero attached hydrogens (tertiary/aromatic N) is 3. The van der Waals surface area contributed by atoms with Crippen LogP contribution < -0.4 is 10.6 Å². The molecule has 5 aromatic rings. The Balaban J connectivity index is 1.10. The number of carbonyl (C=O) groups excluding carboxylic acids is 2. The third kappa shape index (κ3) is 6.39. The fourth-order valence-electron chi connectivity index (χ4n) is 5.83. The van der Waals surface area contributed by atoms with E-state index in [1.54, 1.807) is 4.68 Å². The summed E-state index contributed by atoms with van der Waals surface area (Å²) < 4.78 is 1.79. The Morgan fingerprint density at radius 2 is 1.68 bits per heavy atom. The van der Waals surface area contributed by atoms with E-state index >= 15 is 0 Å². The number of H-pyrrole nitrogens is 1. The first-order valence-corrected chi connectivity index (χ1v) is 15.3. The number of hydrogen-bond acceptors (Lipinski definition) is 3. The van der Waals surface area contributed by atoms with E-state index in [0.29, 0.717) is 11.7 Å². The second-order valence-corrected chi connectivity index (χ2v) is 12.9. The molecular weight excluding hydrogens is 548 g/mol. The first-order chi connectivity index (χ1) is 21.1. The molecule has 1 aliphatic heterocycles. The van der Waals surface area contributed by atoms with Crippen LogP contribution in [-0.2, 0) is 11.8 Å². The van der Waals surface area contributed by atoms with Gasteiger partial charge in [-0.2, -0.15) is 5.10 Å². The zero-order valence-electron chi connectivity index (χ0n) is 25.9. The standard InChI is InChI=1S/C36H40N6O2/c1-24-9-12-29(13-10-24)42-33(23-32(40-42)36(2,3)4)39-35(44)38-31-8-6-5-7-26(31)21-25-16-19-41(20-17-25)34(43)28-11-14-30-27(22-28)15-18-37-30/h5-15,18,22-23,25,37H,16-17,19-21H2,1-4H3,(H2,38,39,44). The third-order valence-electron chi connectivity index (χ3n) is 8.47. The van der Waals surface area contributed by atoms with Gasteiger partial charge in [0.1, 0.15) is 5.82 Å². The van der Waals surface area contributed by atoms with E-state index in [-0.39, 0.29) is 17.4 Å². The smallest absolute Gasteiger partial charge is 0.324 e. The van der Waals surface area contributed by atoms with Crippen LogP contribution in [0.15, 0.2) is 85.1 Å². The van der Waals surface area contributed by atoms with Gasteiger partial charge in [0, 0.05) is 52.9 Å². The molecule has 6 rings (SSSR count). The fraction of sp³-hybridized carbons (Fsp3) is 0.306. The van der Waals surface area contributed by atoms with E-state index in [1.165, 1.54) is 0 Å². The number of urea groups is 1. The summed E-state index contributed by atoms with van der Waals surface area (Å²) in [6.45, 7) is 9.83. The minimum atomic E-state index is -0.314. The van der Waals surface area contributed by atoms with Gasteiger partial charge in [-0.05, 0) is 80.1 Å². The lowest BCUT2D eigenvalue weighted by molar-refractivity contribution is 0.0690. The Bertz CT molecular complexity index is 1790. The van der Waals surface area contributed by atoms with Gasteiger partial charge in [-0.25, -0.2) is 9.48 Å². The number of fused-ring (bicyclic) bond motifs is 1. The van der Waals surface area contributed by atoms with E-state index in [0.717, 1.165) is 77.0 Å². The number of nitrogens with one attached hydrogen (secondary N) is 3. The van der Waals surface area contributed by atoms with Gasteiger partial charge in [-0.1, -0.05) is 56.7 Å². The molecule has 0 saturated carbocycles. The van der Waals surface area contributed by atoms with Crippen molar-refractivity contribution in [3.05, 3.63) is 107 Å². The van der Waals surface area contributed by atoms with Gasteiger partial charge in [0.2, 0.25) is 0 Å². The molecule has 226 valence electrons. The number of piperidine rings is 1. The summed E-state index contributed by atoms with van der Waals surface area (Å²) in [4.78, 5) is 31.7. The van der Waals surface area contributed by atoms with Crippen molar-refractivity contribution < 1.29 is 9.59 Å². The summed E-state index contributed by atoms with van der Waals surface area (Å²) in [5.41, 5.74) is 6.41. The molecular formula is C36H40N6O2. The number of aromatic nitrogens is 3. The summed E-state index contributed by atoms with van der Waals surface area (Å²) in [5.74, 6) is 1.13. The van der Waals surface area contributed by atoms with E-state index in [2.05, 4.69) is 42.5 Å². The number of aryl methyl sites for hydroxylation is 1. The largest absolute Gasteiger partial charge is 0.361 e. The van der Waals surface area contributed by atoms with Crippen LogP contribution in [0.25, 0.3) is 16.6 Å². The third-order valence-corrected chi connectivity index (χ3v) is 8.47. The van der Waals surface area contributed by atoms with Gasteiger partial charge in [0.05, 0.1) is 11.4 Å². The van der Waals surface area contributed by atoms with Crippen molar-refractivity contribution >= 4 is 34.3 Å². The zero-order chi connectivity index (χ0) is 30.8. The zero-order valence-corrected chi connectivity index (χ0v) is 25.9. The van der Waals surface area contributed by atoms with Gasteiger partial charge in [-0.3, -0.25) is 10.1 Å². The first-order valence-electron chi connectivity index (χ1n) is 15.3. The molecule has 1 aliphatic rings. The summed E-state index contributed by atoms with van der Waals surface area (Å²) in [6.07, 6.45) is 4.57. The quantitative estimate of drug-likeness (QED) is 0.190. The second-order valence-electron chi connectivity index (χ2n) is 12.9. The summed E-state index contributed by atoms with van der Waals surface area (Å²) >= 11 is 0. The Morgan fingerprint density at radius 3 is 2.43 bits per heavy atom. The number of para-hydroxylation sites is 1. The van der Waals surface area contributed by atoms with E-state index in [9.17, 15) is 9.59 Å². The molecule has 3 amide bonds.